The molecule has 1 fully saturated rings. The number of nitrogens with zero attached hydrogens (tertiary/aromatic N) is 1. The van der Waals surface area contributed by atoms with E-state index < -0.39 is 0 Å². The van der Waals surface area contributed by atoms with Gasteiger partial charge < -0.3 is 15.0 Å². The van der Waals surface area contributed by atoms with Crippen molar-refractivity contribution in [3.63, 3.8) is 0 Å². The normalized spacial score (nSPS) is 14.9. The number of carbonyl (C=O) groups is 2. The average Bonchev–Trinajstić information content (AvgIpc) is 2.59. The Balaban J connectivity index is 1.87. The molecule has 0 spiro atoms. The first-order chi connectivity index (χ1) is 11.6. The molecule has 0 radical (unpaired) electrons. The van der Waals surface area contributed by atoms with E-state index in [0.717, 1.165) is 24.2 Å². The van der Waals surface area contributed by atoms with Crippen molar-refractivity contribution in [1.29, 1.82) is 0 Å². The van der Waals surface area contributed by atoms with Crippen LogP contribution in [0.5, 0.6) is 5.75 Å². The molecule has 0 bridgehead atoms. The number of carbonyl (C=O) groups excluding carboxylic acids is 2. The number of hydrogen-bond acceptors (Lipinski definition) is 3. The number of para-hydroxylation sites is 1. The van der Waals surface area contributed by atoms with Crippen molar-refractivity contribution in [2.75, 3.05) is 20.2 Å². The maximum Gasteiger partial charge on any atom is 0.239 e. The molecule has 1 aliphatic carbocycles. The van der Waals surface area contributed by atoms with Crippen LogP contribution < -0.4 is 10.1 Å². The number of rotatable bonds is 7. The van der Waals surface area contributed by atoms with E-state index in [4.69, 9.17) is 4.74 Å². The van der Waals surface area contributed by atoms with E-state index in [2.05, 4.69) is 5.32 Å². The quantitative estimate of drug-likeness (QED) is 0.835. The van der Waals surface area contributed by atoms with Crippen LogP contribution in [0.1, 0.15) is 44.6 Å². The van der Waals surface area contributed by atoms with Crippen LogP contribution in [0.2, 0.25) is 0 Å². The second kappa shape index (κ2) is 9.30. The van der Waals surface area contributed by atoms with Crippen molar-refractivity contribution in [3.05, 3.63) is 29.8 Å². The molecule has 0 unspecified atom stereocenters. The summed E-state index contributed by atoms with van der Waals surface area (Å²) >= 11 is 0. The van der Waals surface area contributed by atoms with Crippen LogP contribution in [-0.4, -0.2) is 43.0 Å². The smallest absolute Gasteiger partial charge is 0.239 e. The number of ether oxygens (including phenoxy) is 1. The van der Waals surface area contributed by atoms with Crippen molar-refractivity contribution in [1.82, 2.24) is 10.2 Å². The van der Waals surface area contributed by atoms with Gasteiger partial charge in [0.05, 0.1) is 13.7 Å². The highest BCUT2D eigenvalue weighted by atomic mass is 16.5. The number of hydrogen-bond donors (Lipinski definition) is 1. The number of methoxy groups -OCH3 is 1. The lowest BCUT2D eigenvalue weighted by Crippen LogP contribution is -2.44. The monoisotopic (exact) mass is 332 g/mol. The van der Waals surface area contributed by atoms with E-state index in [1.54, 1.807) is 12.0 Å². The number of amides is 2. The minimum Gasteiger partial charge on any atom is -0.496 e. The van der Waals surface area contributed by atoms with Crippen LogP contribution in [-0.2, 0) is 16.0 Å². The molecule has 2 rings (SSSR count). The number of benzene rings is 1. The van der Waals surface area contributed by atoms with Crippen LogP contribution in [0.15, 0.2) is 24.3 Å². The molecule has 0 atom stereocenters. The molecule has 0 aromatic heterocycles. The Morgan fingerprint density at radius 2 is 1.92 bits per heavy atom. The van der Waals surface area contributed by atoms with Gasteiger partial charge in [0.1, 0.15) is 5.75 Å². The molecule has 0 heterocycles. The van der Waals surface area contributed by atoms with Crippen LogP contribution >= 0.6 is 0 Å². The standard InChI is InChI=1S/C19H28N2O3/c1-15(22)21(13-12-16-8-6-7-11-18(16)24-2)14-19(23)20-17-9-4-3-5-10-17/h6-8,11,17H,3-5,9-10,12-14H2,1-2H3,(H,20,23). The van der Waals surface area contributed by atoms with Gasteiger partial charge in [-0.1, -0.05) is 37.5 Å². The Kier molecular flexibility index (Phi) is 7.09. The molecular weight excluding hydrogens is 304 g/mol. The molecule has 1 aromatic carbocycles. The van der Waals surface area contributed by atoms with E-state index >= 15 is 0 Å². The van der Waals surface area contributed by atoms with Crippen molar-refractivity contribution in [2.45, 2.75) is 51.5 Å². The van der Waals surface area contributed by atoms with E-state index in [1.165, 1.54) is 26.2 Å². The molecule has 0 saturated heterocycles. The highest BCUT2D eigenvalue weighted by Crippen LogP contribution is 2.19. The second-order valence-corrected chi connectivity index (χ2v) is 6.40. The Morgan fingerprint density at radius 1 is 1.21 bits per heavy atom. The summed E-state index contributed by atoms with van der Waals surface area (Å²) in [4.78, 5) is 25.7. The van der Waals surface area contributed by atoms with Gasteiger partial charge in [-0.15, -0.1) is 0 Å². The Bertz CT molecular complexity index is 553. The number of nitrogens with one attached hydrogen (secondary N) is 1. The largest absolute Gasteiger partial charge is 0.496 e. The fraction of sp³-hybridized carbons (Fsp3) is 0.579. The molecule has 24 heavy (non-hydrogen) atoms. The van der Waals surface area contributed by atoms with E-state index in [0.29, 0.717) is 13.0 Å². The summed E-state index contributed by atoms with van der Waals surface area (Å²) < 4.78 is 5.34. The van der Waals surface area contributed by atoms with Gasteiger partial charge in [-0.3, -0.25) is 9.59 Å². The van der Waals surface area contributed by atoms with Gasteiger partial charge in [-0.05, 0) is 30.9 Å². The van der Waals surface area contributed by atoms with Crippen molar-refractivity contribution in [3.8, 4) is 5.75 Å². The summed E-state index contributed by atoms with van der Waals surface area (Å²) in [6.07, 6.45) is 6.37. The van der Waals surface area contributed by atoms with Gasteiger partial charge >= 0.3 is 0 Å². The zero-order valence-electron chi connectivity index (χ0n) is 14.7. The SMILES string of the molecule is COc1ccccc1CCN(CC(=O)NC1CCCCC1)C(C)=O. The third-order valence-electron chi connectivity index (χ3n) is 4.59. The Labute approximate surface area is 144 Å². The summed E-state index contributed by atoms with van der Waals surface area (Å²) in [5, 5.41) is 3.07. The molecule has 5 nitrogen and oxygen atoms in total. The topological polar surface area (TPSA) is 58.6 Å². The van der Waals surface area contributed by atoms with Crippen LogP contribution in [0.25, 0.3) is 0 Å². The molecule has 5 heteroatoms. The van der Waals surface area contributed by atoms with Gasteiger partial charge in [-0.2, -0.15) is 0 Å². The lowest BCUT2D eigenvalue weighted by Gasteiger charge is -2.25. The third-order valence-corrected chi connectivity index (χ3v) is 4.59. The fourth-order valence-corrected chi connectivity index (χ4v) is 3.21. The minimum atomic E-state index is -0.0799. The maximum absolute atomic E-state index is 12.2. The lowest BCUT2D eigenvalue weighted by atomic mass is 9.95. The van der Waals surface area contributed by atoms with Gasteiger partial charge in [0, 0.05) is 19.5 Å². The molecule has 2 amide bonds. The Hall–Kier alpha value is -2.04. The summed E-state index contributed by atoms with van der Waals surface area (Å²) in [6, 6.07) is 8.03. The van der Waals surface area contributed by atoms with E-state index in [-0.39, 0.29) is 24.4 Å². The van der Waals surface area contributed by atoms with Gasteiger partial charge in [-0.25, -0.2) is 0 Å². The second-order valence-electron chi connectivity index (χ2n) is 6.40. The molecule has 132 valence electrons. The first kappa shape index (κ1) is 18.3. The van der Waals surface area contributed by atoms with Crippen molar-refractivity contribution < 1.29 is 14.3 Å². The minimum absolute atomic E-state index is 0.0582. The average molecular weight is 332 g/mol. The lowest BCUT2D eigenvalue weighted by molar-refractivity contribution is -0.134. The van der Waals surface area contributed by atoms with Crippen LogP contribution in [0, 0.1) is 0 Å². The van der Waals surface area contributed by atoms with Gasteiger partial charge in [0.2, 0.25) is 11.8 Å². The van der Waals surface area contributed by atoms with Crippen LogP contribution in [0.3, 0.4) is 0 Å². The fourth-order valence-electron chi connectivity index (χ4n) is 3.21. The maximum atomic E-state index is 12.2. The zero-order valence-corrected chi connectivity index (χ0v) is 14.7. The molecular formula is C19H28N2O3. The van der Waals surface area contributed by atoms with Gasteiger partial charge in [0.25, 0.3) is 0 Å². The first-order valence-electron chi connectivity index (χ1n) is 8.77. The predicted octanol–water partition coefficient (Wildman–Crippen LogP) is 2.54. The molecule has 1 aromatic rings. The molecule has 1 N–H and O–H groups in total. The summed E-state index contributed by atoms with van der Waals surface area (Å²) in [5.41, 5.74) is 1.04. The zero-order chi connectivity index (χ0) is 17.4. The van der Waals surface area contributed by atoms with E-state index in [1.807, 2.05) is 24.3 Å². The molecule has 1 saturated carbocycles. The highest BCUT2D eigenvalue weighted by molar-refractivity contribution is 5.83. The van der Waals surface area contributed by atoms with E-state index in [9.17, 15) is 9.59 Å². The summed E-state index contributed by atoms with van der Waals surface area (Å²) in [5.74, 6) is 0.675. The predicted molar refractivity (Wildman–Crippen MR) is 94.0 cm³/mol. The molecule has 0 aliphatic heterocycles. The molecule has 1 aliphatic rings. The summed E-state index contributed by atoms with van der Waals surface area (Å²) in [6.45, 7) is 2.14. The Morgan fingerprint density at radius 3 is 2.58 bits per heavy atom. The van der Waals surface area contributed by atoms with Crippen LogP contribution in [0.4, 0.5) is 0 Å². The van der Waals surface area contributed by atoms with Gasteiger partial charge in [0.15, 0.2) is 0 Å². The third kappa shape index (κ3) is 5.55. The first-order valence-corrected chi connectivity index (χ1v) is 8.77. The summed E-state index contributed by atoms with van der Waals surface area (Å²) in [7, 11) is 1.64. The highest BCUT2D eigenvalue weighted by Gasteiger charge is 2.19. The van der Waals surface area contributed by atoms with Crippen molar-refractivity contribution in [2.24, 2.45) is 0 Å². The van der Waals surface area contributed by atoms with Crippen molar-refractivity contribution >= 4 is 11.8 Å².